The zero-order valence-electron chi connectivity index (χ0n) is 11.3. The lowest BCUT2D eigenvalue weighted by Gasteiger charge is -2.27. The summed E-state index contributed by atoms with van der Waals surface area (Å²) in [6, 6.07) is 2.10. The van der Waals surface area contributed by atoms with Gasteiger partial charge in [0.05, 0.1) is 12.2 Å². The topological polar surface area (TPSA) is 113 Å². The molecule has 3 heterocycles. The van der Waals surface area contributed by atoms with Crippen molar-refractivity contribution in [3.63, 3.8) is 0 Å². The Kier molecular flexibility index (Phi) is 3.23. The van der Waals surface area contributed by atoms with Crippen LogP contribution in [-0.2, 0) is 13.1 Å². The summed E-state index contributed by atoms with van der Waals surface area (Å²) in [7, 11) is 1.54. The van der Waals surface area contributed by atoms with Gasteiger partial charge in [-0.1, -0.05) is 0 Å². The molecule has 0 bridgehead atoms. The molecule has 8 nitrogen and oxygen atoms in total. The van der Waals surface area contributed by atoms with Crippen molar-refractivity contribution < 1.29 is 4.79 Å². The largest absolute Gasteiger partial charge is 0.396 e. The highest BCUT2D eigenvalue weighted by Gasteiger charge is 2.26. The molecule has 0 radical (unpaired) electrons. The molecule has 0 unspecified atom stereocenters. The molecule has 0 aliphatic carbocycles. The predicted molar refractivity (Wildman–Crippen MR) is 77.9 cm³/mol. The smallest absolute Gasteiger partial charge is 0.263 e. The van der Waals surface area contributed by atoms with Crippen molar-refractivity contribution in [2.75, 3.05) is 24.2 Å². The number of nitrogens with one attached hydrogen (secondary N) is 1. The molecule has 21 heavy (non-hydrogen) atoms. The fourth-order valence-electron chi connectivity index (χ4n) is 2.28. The van der Waals surface area contributed by atoms with E-state index in [1.54, 1.807) is 6.33 Å². The zero-order chi connectivity index (χ0) is 15.0. The Morgan fingerprint density at radius 1 is 1.57 bits per heavy atom. The standard InChI is InChI=1S/C12H13N7OS/c1-15-11(20)10-9(14)7(4-13)12(21-10)18-2-3-19-6-16-17-8(19)5-18/h6H,2-3,5,14H2,1H3,(H,15,20). The Bertz CT molecular complexity index is 741. The maximum atomic E-state index is 11.8. The maximum Gasteiger partial charge on any atom is 0.263 e. The Labute approximate surface area is 124 Å². The number of thiophene rings is 1. The molecule has 0 aromatic carbocycles. The molecule has 9 heteroatoms. The van der Waals surface area contributed by atoms with Crippen LogP contribution in [0.4, 0.5) is 10.7 Å². The monoisotopic (exact) mass is 303 g/mol. The van der Waals surface area contributed by atoms with Crippen LogP contribution in [0.5, 0.6) is 0 Å². The second-order valence-electron chi connectivity index (χ2n) is 4.58. The number of nitrogens with two attached hydrogens (primary N) is 1. The van der Waals surface area contributed by atoms with Crippen molar-refractivity contribution in [2.24, 2.45) is 0 Å². The molecule has 0 atom stereocenters. The first-order valence-corrected chi connectivity index (χ1v) is 7.13. The first-order valence-electron chi connectivity index (χ1n) is 6.31. The molecule has 3 N–H and O–H groups in total. The molecule has 1 aliphatic heterocycles. The van der Waals surface area contributed by atoms with Gasteiger partial charge in [0.25, 0.3) is 5.91 Å². The molecule has 0 saturated heterocycles. The van der Waals surface area contributed by atoms with Gasteiger partial charge < -0.3 is 20.5 Å². The predicted octanol–water partition coefficient (Wildman–Crippen LogP) is 0.173. The average molecular weight is 303 g/mol. The summed E-state index contributed by atoms with van der Waals surface area (Å²) in [5.74, 6) is 0.555. The zero-order valence-corrected chi connectivity index (χ0v) is 12.1. The third kappa shape index (κ3) is 2.09. The Balaban J connectivity index is 2.00. The summed E-state index contributed by atoms with van der Waals surface area (Å²) in [6.45, 7) is 2.00. The van der Waals surface area contributed by atoms with Gasteiger partial charge in [-0.3, -0.25) is 4.79 Å². The van der Waals surface area contributed by atoms with Gasteiger partial charge in [-0.25, -0.2) is 0 Å². The number of amides is 1. The third-order valence-corrected chi connectivity index (χ3v) is 4.66. The number of aromatic nitrogens is 3. The minimum atomic E-state index is -0.277. The van der Waals surface area contributed by atoms with E-state index in [4.69, 9.17) is 5.73 Å². The Morgan fingerprint density at radius 2 is 2.38 bits per heavy atom. The summed E-state index contributed by atoms with van der Waals surface area (Å²) >= 11 is 1.24. The third-order valence-electron chi connectivity index (χ3n) is 3.40. The van der Waals surface area contributed by atoms with E-state index in [1.165, 1.54) is 18.4 Å². The summed E-state index contributed by atoms with van der Waals surface area (Å²) in [5, 5.41) is 20.5. The minimum Gasteiger partial charge on any atom is -0.396 e. The Hall–Kier alpha value is -2.60. The van der Waals surface area contributed by atoms with E-state index in [1.807, 2.05) is 9.47 Å². The number of fused-ring (bicyclic) bond motifs is 1. The number of nitrogen functional groups attached to an aromatic ring is 1. The van der Waals surface area contributed by atoms with Crippen LogP contribution in [0.25, 0.3) is 0 Å². The second-order valence-corrected chi connectivity index (χ2v) is 5.58. The second kappa shape index (κ2) is 5.06. The minimum absolute atomic E-state index is 0.240. The Morgan fingerprint density at radius 3 is 3.10 bits per heavy atom. The molecule has 2 aromatic heterocycles. The van der Waals surface area contributed by atoms with Crippen LogP contribution in [-0.4, -0.2) is 34.3 Å². The van der Waals surface area contributed by atoms with Crippen LogP contribution >= 0.6 is 11.3 Å². The van der Waals surface area contributed by atoms with Gasteiger partial charge in [0.15, 0.2) is 5.82 Å². The quantitative estimate of drug-likeness (QED) is 0.818. The van der Waals surface area contributed by atoms with Crippen LogP contribution in [0.15, 0.2) is 6.33 Å². The first-order chi connectivity index (χ1) is 10.2. The van der Waals surface area contributed by atoms with E-state index in [0.717, 1.165) is 12.4 Å². The van der Waals surface area contributed by atoms with Gasteiger partial charge in [-0.2, -0.15) is 5.26 Å². The molecule has 2 aromatic rings. The van der Waals surface area contributed by atoms with Gasteiger partial charge in [-0.15, -0.1) is 21.5 Å². The van der Waals surface area contributed by atoms with Crippen LogP contribution in [0, 0.1) is 11.3 Å². The van der Waals surface area contributed by atoms with Crippen molar-refractivity contribution in [1.82, 2.24) is 20.1 Å². The number of nitrogens with zero attached hydrogens (tertiary/aromatic N) is 5. The normalized spacial score (nSPS) is 13.6. The maximum absolute atomic E-state index is 11.8. The van der Waals surface area contributed by atoms with Crippen molar-refractivity contribution in [3.05, 3.63) is 22.6 Å². The first kappa shape index (κ1) is 13.4. The molecule has 0 spiro atoms. The molecule has 0 fully saturated rings. The summed E-state index contributed by atoms with van der Waals surface area (Å²) in [5.41, 5.74) is 6.53. The highest BCUT2D eigenvalue weighted by Crippen LogP contribution is 2.38. The van der Waals surface area contributed by atoms with Crippen molar-refractivity contribution in [3.8, 4) is 6.07 Å². The fraction of sp³-hybridized carbons (Fsp3) is 0.333. The van der Waals surface area contributed by atoms with Gasteiger partial charge in [0.1, 0.15) is 27.8 Å². The van der Waals surface area contributed by atoms with E-state index in [9.17, 15) is 10.1 Å². The fourth-order valence-corrected chi connectivity index (χ4v) is 3.43. The van der Waals surface area contributed by atoms with E-state index < -0.39 is 0 Å². The number of carbonyl (C=O) groups excluding carboxylic acids is 1. The molecule has 0 saturated carbocycles. The molecule has 108 valence electrons. The van der Waals surface area contributed by atoms with Crippen molar-refractivity contribution in [2.45, 2.75) is 13.1 Å². The van der Waals surface area contributed by atoms with Gasteiger partial charge >= 0.3 is 0 Å². The van der Waals surface area contributed by atoms with Crippen LogP contribution < -0.4 is 16.0 Å². The molecular formula is C12H13N7OS. The lowest BCUT2D eigenvalue weighted by atomic mass is 10.2. The van der Waals surface area contributed by atoms with Crippen molar-refractivity contribution in [1.29, 1.82) is 5.26 Å². The number of rotatable bonds is 2. The molecule has 1 amide bonds. The van der Waals surface area contributed by atoms with Gasteiger partial charge in [0, 0.05) is 20.1 Å². The summed E-state index contributed by atoms with van der Waals surface area (Å²) in [4.78, 5) is 14.2. The van der Waals surface area contributed by atoms with Crippen molar-refractivity contribution >= 4 is 27.9 Å². The molecule has 3 rings (SSSR count). The van der Waals surface area contributed by atoms with Crippen LogP contribution in [0.3, 0.4) is 0 Å². The van der Waals surface area contributed by atoms with E-state index in [0.29, 0.717) is 28.5 Å². The highest BCUT2D eigenvalue weighted by atomic mass is 32.1. The van der Waals surface area contributed by atoms with E-state index in [2.05, 4.69) is 21.6 Å². The number of hydrogen-bond acceptors (Lipinski definition) is 7. The van der Waals surface area contributed by atoms with Gasteiger partial charge in [-0.05, 0) is 0 Å². The van der Waals surface area contributed by atoms with Crippen LogP contribution in [0.1, 0.15) is 21.1 Å². The average Bonchev–Trinajstić information content (AvgIpc) is 3.09. The van der Waals surface area contributed by atoms with E-state index in [-0.39, 0.29) is 11.6 Å². The van der Waals surface area contributed by atoms with Crippen LogP contribution in [0.2, 0.25) is 0 Å². The summed E-state index contributed by atoms with van der Waals surface area (Å²) in [6.07, 6.45) is 1.69. The number of hydrogen-bond donors (Lipinski definition) is 2. The lowest BCUT2D eigenvalue weighted by molar-refractivity contribution is 0.0968. The number of anilines is 2. The highest BCUT2D eigenvalue weighted by molar-refractivity contribution is 7.19. The SMILES string of the molecule is CNC(=O)c1sc(N2CCn3cnnc3C2)c(C#N)c1N. The van der Waals surface area contributed by atoms with E-state index >= 15 is 0 Å². The lowest BCUT2D eigenvalue weighted by Crippen LogP contribution is -2.33. The van der Waals surface area contributed by atoms with Gasteiger partial charge in [0.2, 0.25) is 0 Å². The number of nitriles is 1. The molecule has 1 aliphatic rings. The molecular weight excluding hydrogens is 290 g/mol. The number of carbonyl (C=O) groups is 1. The summed E-state index contributed by atoms with van der Waals surface area (Å²) < 4.78 is 1.97.